The lowest BCUT2D eigenvalue weighted by molar-refractivity contribution is -0.138. The Labute approximate surface area is 184 Å². The van der Waals surface area contributed by atoms with E-state index in [1.165, 1.54) is 5.56 Å². The van der Waals surface area contributed by atoms with Crippen LogP contribution in [0.5, 0.6) is 5.75 Å². The van der Waals surface area contributed by atoms with Gasteiger partial charge in [-0.25, -0.2) is 4.98 Å². The SMILES string of the molecule is CNc1cccc(CCOc2ccc(CC(CCc3ccccc3)CC(=O)O)cc2)n1. The maximum absolute atomic E-state index is 11.3. The van der Waals surface area contributed by atoms with Gasteiger partial charge in [-0.1, -0.05) is 48.5 Å². The number of pyridine rings is 1. The molecule has 0 radical (unpaired) electrons. The van der Waals surface area contributed by atoms with Crippen LogP contribution in [0.3, 0.4) is 0 Å². The molecule has 2 N–H and O–H groups in total. The van der Waals surface area contributed by atoms with Crippen molar-refractivity contribution >= 4 is 11.8 Å². The summed E-state index contributed by atoms with van der Waals surface area (Å²) >= 11 is 0. The number of ether oxygens (including phenoxy) is 1. The lowest BCUT2D eigenvalue weighted by atomic mass is 9.90. The van der Waals surface area contributed by atoms with Crippen LogP contribution in [-0.2, 0) is 24.1 Å². The molecule has 0 fully saturated rings. The van der Waals surface area contributed by atoms with Gasteiger partial charge in [0.25, 0.3) is 0 Å². The molecule has 3 aromatic rings. The average molecular weight is 419 g/mol. The Bertz CT molecular complexity index is 942. The highest BCUT2D eigenvalue weighted by molar-refractivity contribution is 5.67. The van der Waals surface area contributed by atoms with E-state index in [0.29, 0.717) is 6.61 Å². The lowest BCUT2D eigenvalue weighted by Gasteiger charge is -2.15. The zero-order valence-electron chi connectivity index (χ0n) is 18.0. The lowest BCUT2D eigenvalue weighted by Crippen LogP contribution is -2.12. The average Bonchev–Trinajstić information content (AvgIpc) is 2.79. The van der Waals surface area contributed by atoms with Crippen molar-refractivity contribution in [2.45, 2.75) is 32.1 Å². The van der Waals surface area contributed by atoms with Crippen molar-refractivity contribution in [1.29, 1.82) is 0 Å². The quantitative estimate of drug-likeness (QED) is 0.433. The van der Waals surface area contributed by atoms with Gasteiger partial charge in [0.2, 0.25) is 0 Å². The summed E-state index contributed by atoms with van der Waals surface area (Å²) in [5.41, 5.74) is 3.37. The van der Waals surface area contributed by atoms with Crippen molar-refractivity contribution in [1.82, 2.24) is 4.98 Å². The summed E-state index contributed by atoms with van der Waals surface area (Å²) in [6.07, 6.45) is 3.41. The Morgan fingerprint density at radius 1 is 0.968 bits per heavy atom. The van der Waals surface area contributed by atoms with Gasteiger partial charge in [0.1, 0.15) is 11.6 Å². The Hall–Kier alpha value is -3.34. The molecule has 5 nitrogen and oxygen atoms in total. The first-order valence-corrected chi connectivity index (χ1v) is 10.7. The molecule has 0 aliphatic heterocycles. The van der Waals surface area contributed by atoms with Gasteiger partial charge in [-0.05, 0) is 60.6 Å². The van der Waals surface area contributed by atoms with E-state index in [4.69, 9.17) is 4.74 Å². The third-order valence-corrected chi connectivity index (χ3v) is 5.28. The number of carbonyl (C=O) groups is 1. The van der Waals surface area contributed by atoms with Gasteiger partial charge in [-0.2, -0.15) is 0 Å². The number of benzene rings is 2. The highest BCUT2D eigenvalue weighted by atomic mass is 16.5. The minimum Gasteiger partial charge on any atom is -0.493 e. The summed E-state index contributed by atoms with van der Waals surface area (Å²) in [5.74, 6) is 1.03. The molecule has 1 heterocycles. The number of nitrogens with one attached hydrogen (secondary N) is 1. The molecule has 0 aliphatic carbocycles. The largest absolute Gasteiger partial charge is 0.493 e. The van der Waals surface area contributed by atoms with E-state index in [0.717, 1.165) is 48.5 Å². The van der Waals surface area contributed by atoms with Crippen molar-refractivity contribution in [3.63, 3.8) is 0 Å². The van der Waals surface area contributed by atoms with E-state index in [9.17, 15) is 9.90 Å². The summed E-state index contributed by atoms with van der Waals surface area (Å²) in [6, 6.07) is 24.1. The van der Waals surface area contributed by atoms with Gasteiger partial charge in [-0.3, -0.25) is 4.79 Å². The summed E-state index contributed by atoms with van der Waals surface area (Å²) in [7, 11) is 1.85. The maximum Gasteiger partial charge on any atom is 0.303 e. The Kier molecular flexibility index (Phi) is 8.47. The molecule has 0 bridgehead atoms. The van der Waals surface area contributed by atoms with Gasteiger partial charge >= 0.3 is 5.97 Å². The Balaban J connectivity index is 1.50. The van der Waals surface area contributed by atoms with E-state index in [1.54, 1.807) is 0 Å². The number of carboxylic acids is 1. The molecule has 0 amide bonds. The number of hydrogen-bond donors (Lipinski definition) is 2. The van der Waals surface area contributed by atoms with E-state index >= 15 is 0 Å². The number of aryl methyl sites for hydroxylation is 1. The van der Waals surface area contributed by atoms with E-state index in [1.807, 2.05) is 67.7 Å². The molecule has 2 aromatic carbocycles. The van der Waals surface area contributed by atoms with Crippen LogP contribution >= 0.6 is 0 Å². The number of anilines is 1. The van der Waals surface area contributed by atoms with Gasteiger partial charge in [-0.15, -0.1) is 0 Å². The number of aromatic nitrogens is 1. The molecule has 1 aromatic heterocycles. The number of carboxylic acid groups (broad SMARTS) is 1. The molecule has 162 valence electrons. The van der Waals surface area contributed by atoms with Crippen LogP contribution in [0.4, 0.5) is 5.82 Å². The molecule has 1 atom stereocenters. The third kappa shape index (κ3) is 7.78. The Morgan fingerprint density at radius 3 is 2.45 bits per heavy atom. The topological polar surface area (TPSA) is 71.5 Å². The van der Waals surface area contributed by atoms with Gasteiger partial charge in [0.05, 0.1) is 6.61 Å². The zero-order chi connectivity index (χ0) is 21.9. The molecule has 1 unspecified atom stereocenters. The second-order valence-corrected chi connectivity index (χ2v) is 7.70. The molecule has 0 saturated carbocycles. The molecular weight excluding hydrogens is 388 g/mol. The van der Waals surface area contributed by atoms with Crippen LogP contribution in [0.25, 0.3) is 0 Å². The number of hydrogen-bond acceptors (Lipinski definition) is 4. The summed E-state index contributed by atoms with van der Waals surface area (Å²) in [5, 5.41) is 12.3. The molecule has 0 saturated heterocycles. The number of aliphatic carboxylic acids is 1. The highest BCUT2D eigenvalue weighted by Gasteiger charge is 2.14. The van der Waals surface area contributed by atoms with E-state index < -0.39 is 5.97 Å². The van der Waals surface area contributed by atoms with Gasteiger partial charge in [0.15, 0.2) is 0 Å². The van der Waals surface area contributed by atoms with Crippen molar-refractivity contribution < 1.29 is 14.6 Å². The van der Waals surface area contributed by atoms with Crippen LogP contribution in [-0.4, -0.2) is 29.7 Å². The van der Waals surface area contributed by atoms with Crippen molar-refractivity contribution in [2.75, 3.05) is 19.0 Å². The van der Waals surface area contributed by atoms with Crippen LogP contribution < -0.4 is 10.1 Å². The molecular formula is C26H30N2O3. The summed E-state index contributed by atoms with van der Waals surface area (Å²) in [4.78, 5) is 15.8. The second kappa shape index (κ2) is 11.7. The van der Waals surface area contributed by atoms with Crippen LogP contribution in [0, 0.1) is 5.92 Å². The Morgan fingerprint density at radius 2 is 1.74 bits per heavy atom. The predicted molar refractivity (Wildman–Crippen MR) is 124 cm³/mol. The fraction of sp³-hybridized carbons (Fsp3) is 0.308. The molecule has 31 heavy (non-hydrogen) atoms. The normalized spacial score (nSPS) is 11.6. The van der Waals surface area contributed by atoms with Gasteiger partial charge < -0.3 is 15.2 Å². The van der Waals surface area contributed by atoms with Crippen molar-refractivity contribution in [3.8, 4) is 5.75 Å². The van der Waals surface area contributed by atoms with Gasteiger partial charge in [0, 0.05) is 25.6 Å². The summed E-state index contributed by atoms with van der Waals surface area (Å²) < 4.78 is 5.86. The van der Waals surface area contributed by atoms with Crippen LogP contribution in [0.2, 0.25) is 0 Å². The van der Waals surface area contributed by atoms with E-state index in [-0.39, 0.29) is 12.3 Å². The van der Waals surface area contributed by atoms with E-state index in [2.05, 4.69) is 22.4 Å². The van der Waals surface area contributed by atoms with Crippen LogP contribution in [0.1, 0.15) is 29.7 Å². The second-order valence-electron chi connectivity index (χ2n) is 7.70. The molecule has 0 aliphatic rings. The first-order valence-electron chi connectivity index (χ1n) is 10.7. The fourth-order valence-electron chi connectivity index (χ4n) is 3.63. The molecule has 3 rings (SSSR count). The van der Waals surface area contributed by atoms with Crippen molar-refractivity contribution in [3.05, 3.63) is 89.6 Å². The summed E-state index contributed by atoms with van der Waals surface area (Å²) in [6.45, 7) is 0.554. The highest BCUT2D eigenvalue weighted by Crippen LogP contribution is 2.21. The van der Waals surface area contributed by atoms with Crippen LogP contribution in [0.15, 0.2) is 72.8 Å². The smallest absolute Gasteiger partial charge is 0.303 e. The minimum atomic E-state index is -0.742. The molecule has 0 spiro atoms. The number of nitrogens with zero attached hydrogens (tertiary/aromatic N) is 1. The minimum absolute atomic E-state index is 0.106. The maximum atomic E-state index is 11.3. The molecule has 5 heteroatoms. The predicted octanol–water partition coefficient (Wildman–Crippen LogP) is 5.01. The first-order chi connectivity index (χ1) is 15.1. The fourth-order valence-corrected chi connectivity index (χ4v) is 3.63. The zero-order valence-corrected chi connectivity index (χ0v) is 18.0. The third-order valence-electron chi connectivity index (χ3n) is 5.28. The monoisotopic (exact) mass is 418 g/mol. The first kappa shape index (κ1) is 22.3. The number of rotatable bonds is 12. The standard InChI is InChI=1S/C26H30N2O3/c1-27-25-9-5-8-23(28-25)16-17-31-24-14-12-21(13-15-24)18-22(19-26(29)30)11-10-20-6-3-2-4-7-20/h2-9,12-15,22H,10-11,16-19H2,1H3,(H,27,28)(H,29,30). The van der Waals surface area contributed by atoms with Crippen molar-refractivity contribution in [2.24, 2.45) is 5.92 Å².